The molecule has 1 aliphatic rings. The number of carbonyl (C=O) groups excluding carboxylic acids is 1. The Kier molecular flexibility index (Phi) is 4.95. The molecule has 4 rings (SSSR count). The van der Waals surface area contributed by atoms with Gasteiger partial charge in [0, 0.05) is 0 Å². The van der Waals surface area contributed by atoms with Crippen molar-refractivity contribution in [3.63, 3.8) is 0 Å². The number of para-hydroxylation sites is 2. The zero-order valence-electron chi connectivity index (χ0n) is 16.9. The summed E-state index contributed by atoms with van der Waals surface area (Å²) in [6.45, 7) is 7.63. The topological polar surface area (TPSA) is 57.7 Å². The molecule has 1 aliphatic heterocycles. The zero-order valence-corrected chi connectivity index (χ0v) is 17.7. The number of nitrogens with zero attached hydrogens (tertiary/aromatic N) is 2. The second-order valence-corrected chi connectivity index (χ2v) is 9.05. The fourth-order valence-electron chi connectivity index (χ4n) is 3.75. The molecule has 0 saturated carbocycles. The summed E-state index contributed by atoms with van der Waals surface area (Å²) in [6, 6.07) is 19.2. The Morgan fingerprint density at radius 3 is 2.17 bits per heavy atom. The molecule has 3 aromatic carbocycles. The van der Waals surface area contributed by atoms with Crippen LogP contribution >= 0.6 is 0 Å². The van der Waals surface area contributed by atoms with Gasteiger partial charge in [-0.25, -0.2) is 13.2 Å². The van der Waals surface area contributed by atoms with Crippen molar-refractivity contribution in [3.8, 4) is 0 Å². The molecular formula is C24H22N2O3S. The summed E-state index contributed by atoms with van der Waals surface area (Å²) in [5, 5.41) is 0. The number of carbonyl (C=O) groups is 1. The van der Waals surface area contributed by atoms with Gasteiger partial charge in [0.15, 0.2) is 0 Å². The first-order valence-electron chi connectivity index (χ1n) is 9.58. The standard InChI is InChI=1S/C24H22N2O3S/c1-4-19-12-14-20(15-13-19)16-25-21-10-5-6-11-22(21)30(28,29)26(24(25)27)23-17(2)8-7-9-18(23)3/h4-15H,1,16H2,2-3H3. The highest BCUT2D eigenvalue weighted by Crippen LogP contribution is 2.40. The van der Waals surface area contributed by atoms with Crippen LogP contribution in [-0.4, -0.2) is 14.4 Å². The minimum absolute atomic E-state index is 0.120. The molecule has 0 bridgehead atoms. The monoisotopic (exact) mass is 418 g/mol. The van der Waals surface area contributed by atoms with Gasteiger partial charge in [0.05, 0.1) is 17.9 Å². The third-order valence-electron chi connectivity index (χ3n) is 5.28. The number of hydrogen-bond donors (Lipinski definition) is 0. The van der Waals surface area contributed by atoms with Crippen LogP contribution in [0.15, 0.2) is 78.2 Å². The number of aryl methyl sites for hydroxylation is 2. The van der Waals surface area contributed by atoms with Crippen molar-refractivity contribution in [3.05, 3.63) is 95.6 Å². The van der Waals surface area contributed by atoms with Crippen LogP contribution in [0, 0.1) is 13.8 Å². The molecule has 2 amide bonds. The van der Waals surface area contributed by atoms with E-state index in [1.807, 2.05) is 56.3 Å². The molecule has 30 heavy (non-hydrogen) atoms. The van der Waals surface area contributed by atoms with Crippen LogP contribution in [-0.2, 0) is 16.6 Å². The molecule has 1 heterocycles. The molecule has 0 spiro atoms. The molecule has 0 atom stereocenters. The lowest BCUT2D eigenvalue weighted by Crippen LogP contribution is -2.51. The number of hydrogen-bond acceptors (Lipinski definition) is 3. The molecule has 0 unspecified atom stereocenters. The molecule has 152 valence electrons. The number of anilines is 2. The molecular weight excluding hydrogens is 396 g/mol. The van der Waals surface area contributed by atoms with Gasteiger partial charge in [-0.15, -0.1) is 0 Å². The number of fused-ring (bicyclic) bond motifs is 1. The summed E-state index contributed by atoms with van der Waals surface area (Å²) >= 11 is 0. The van der Waals surface area contributed by atoms with Crippen molar-refractivity contribution in [2.45, 2.75) is 25.3 Å². The summed E-state index contributed by atoms with van der Waals surface area (Å²) in [5.41, 5.74) is 4.11. The van der Waals surface area contributed by atoms with Gasteiger partial charge in [-0.3, -0.25) is 4.90 Å². The maximum Gasteiger partial charge on any atom is 0.343 e. The van der Waals surface area contributed by atoms with Crippen molar-refractivity contribution in [2.75, 3.05) is 9.21 Å². The van der Waals surface area contributed by atoms with Gasteiger partial charge < -0.3 is 0 Å². The Hall–Kier alpha value is -3.38. The van der Waals surface area contributed by atoms with Crippen LogP contribution in [0.4, 0.5) is 16.2 Å². The average Bonchev–Trinajstić information content (AvgIpc) is 2.74. The molecule has 0 aliphatic carbocycles. The Balaban J connectivity index is 1.88. The molecule has 0 radical (unpaired) electrons. The van der Waals surface area contributed by atoms with Gasteiger partial charge in [-0.1, -0.05) is 67.3 Å². The van der Waals surface area contributed by atoms with Crippen molar-refractivity contribution < 1.29 is 13.2 Å². The fraction of sp³-hybridized carbons (Fsp3) is 0.125. The van der Waals surface area contributed by atoms with Gasteiger partial charge in [0.2, 0.25) is 0 Å². The van der Waals surface area contributed by atoms with Crippen molar-refractivity contribution >= 4 is 33.5 Å². The average molecular weight is 419 g/mol. The smallest absolute Gasteiger partial charge is 0.287 e. The minimum Gasteiger partial charge on any atom is -0.287 e. The van der Waals surface area contributed by atoms with Crippen molar-refractivity contribution in [1.29, 1.82) is 0 Å². The largest absolute Gasteiger partial charge is 0.343 e. The minimum atomic E-state index is -4.04. The third-order valence-corrected chi connectivity index (χ3v) is 7.00. The Labute approximate surface area is 176 Å². The van der Waals surface area contributed by atoms with Crippen molar-refractivity contribution in [2.24, 2.45) is 0 Å². The van der Waals surface area contributed by atoms with Gasteiger partial charge in [-0.2, -0.15) is 4.31 Å². The van der Waals surface area contributed by atoms with E-state index in [1.165, 1.54) is 4.90 Å². The highest BCUT2D eigenvalue weighted by molar-refractivity contribution is 7.94. The molecule has 0 aromatic heterocycles. The number of urea groups is 1. The second-order valence-electron chi connectivity index (χ2n) is 7.29. The summed E-state index contributed by atoms with van der Waals surface area (Å²) in [6.07, 6.45) is 1.75. The molecule has 6 heteroatoms. The van der Waals surface area contributed by atoms with E-state index in [-0.39, 0.29) is 11.4 Å². The van der Waals surface area contributed by atoms with Gasteiger partial charge >= 0.3 is 6.03 Å². The first kappa shape index (κ1) is 19.9. The first-order chi connectivity index (χ1) is 14.3. The lowest BCUT2D eigenvalue weighted by Gasteiger charge is -2.37. The summed E-state index contributed by atoms with van der Waals surface area (Å²) < 4.78 is 27.9. The predicted molar refractivity (Wildman–Crippen MR) is 120 cm³/mol. The van der Waals surface area contributed by atoms with E-state index in [0.717, 1.165) is 26.6 Å². The molecule has 5 nitrogen and oxygen atoms in total. The maximum atomic E-state index is 13.6. The Morgan fingerprint density at radius 2 is 1.53 bits per heavy atom. The van der Waals surface area contributed by atoms with Gasteiger partial charge in [0.1, 0.15) is 4.90 Å². The van der Waals surface area contributed by atoms with Crippen LogP contribution in [0.25, 0.3) is 6.08 Å². The van der Waals surface area contributed by atoms with Crippen LogP contribution < -0.4 is 9.21 Å². The highest BCUT2D eigenvalue weighted by atomic mass is 32.2. The molecule has 0 N–H and O–H groups in total. The van der Waals surface area contributed by atoms with E-state index < -0.39 is 16.1 Å². The predicted octanol–water partition coefficient (Wildman–Crippen LogP) is 5.28. The van der Waals surface area contributed by atoms with E-state index >= 15 is 0 Å². The van der Waals surface area contributed by atoms with E-state index in [0.29, 0.717) is 11.4 Å². The maximum absolute atomic E-state index is 13.6. The van der Waals surface area contributed by atoms with Crippen LogP contribution in [0.5, 0.6) is 0 Å². The summed E-state index contributed by atoms with van der Waals surface area (Å²) in [5.74, 6) is 0. The fourth-order valence-corrected chi connectivity index (χ4v) is 5.47. The molecule has 3 aromatic rings. The normalized spacial score (nSPS) is 15.1. The highest BCUT2D eigenvalue weighted by Gasteiger charge is 2.43. The van der Waals surface area contributed by atoms with Crippen LogP contribution in [0.1, 0.15) is 22.3 Å². The number of benzene rings is 3. The van der Waals surface area contributed by atoms with E-state index in [2.05, 4.69) is 6.58 Å². The van der Waals surface area contributed by atoms with Gasteiger partial charge in [0.25, 0.3) is 10.0 Å². The zero-order chi connectivity index (χ0) is 21.5. The first-order valence-corrected chi connectivity index (χ1v) is 11.0. The third kappa shape index (κ3) is 3.19. The van der Waals surface area contributed by atoms with Crippen LogP contribution in [0.2, 0.25) is 0 Å². The lowest BCUT2D eigenvalue weighted by atomic mass is 10.1. The summed E-state index contributed by atoms with van der Waals surface area (Å²) in [7, 11) is -4.04. The quantitative estimate of drug-likeness (QED) is 0.579. The number of sulfonamides is 1. The van der Waals surface area contributed by atoms with E-state index in [4.69, 9.17) is 0 Å². The number of amides is 2. The van der Waals surface area contributed by atoms with E-state index in [9.17, 15) is 13.2 Å². The van der Waals surface area contributed by atoms with Gasteiger partial charge in [-0.05, 0) is 48.2 Å². The lowest BCUT2D eigenvalue weighted by molar-refractivity contribution is 0.253. The second kappa shape index (κ2) is 7.46. The number of rotatable bonds is 4. The Morgan fingerprint density at radius 1 is 0.900 bits per heavy atom. The SMILES string of the molecule is C=Cc1ccc(CN2C(=O)N(c3c(C)cccc3C)S(=O)(=O)c3ccccc32)cc1. The molecule has 0 fully saturated rings. The molecule has 0 saturated heterocycles. The Bertz CT molecular complexity index is 1230. The van der Waals surface area contributed by atoms with Crippen LogP contribution in [0.3, 0.4) is 0 Å². The van der Waals surface area contributed by atoms with Crippen molar-refractivity contribution in [1.82, 2.24) is 0 Å². The van der Waals surface area contributed by atoms with E-state index in [1.54, 1.807) is 30.3 Å². The summed E-state index contributed by atoms with van der Waals surface area (Å²) in [4.78, 5) is 15.2.